The van der Waals surface area contributed by atoms with Crippen molar-refractivity contribution in [1.82, 2.24) is 9.80 Å². The minimum Gasteiger partial charge on any atom is -0.508 e. The van der Waals surface area contributed by atoms with Crippen LogP contribution < -0.4 is 0 Å². The molecule has 1 aliphatic rings. The standard InChI is InChI=1S/C15H21FN2O3/c1-11(13-3-2-12(19)10-14(13)16)18-8-6-17(7-9-18)5-4-15(20)21/h2-3,10-11,19H,4-9H2,1H3,(H,20,21). The molecule has 1 aromatic carbocycles. The number of piperazine rings is 1. The van der Waals surface area contributed by atoms with Crippen LogP contribution in [0.25, 0.3) is 0 Å². The molecule has 1 heterocycles. The third-order valence-electron chi connectivity index (χ3n) is 4.03. The fourth-order valence-corrected chi connectivity index (χ4v) is 2.68. The summed E-state index contributed by atoms with van der Waals surface area (Å²) in [5.74, 6) is -1.24. The van der Waals surface area contributed by atoms with E-state index < -0.39 is 11.8 Å². The fraction of sp³-hybridized carbons (Fsp3) is 0.533. The number of carboxylic acids is 1. The van der Waals surface area contributed by atoms with Gasteiger partial charge in [-0.1, -0.05) is 6.07 Å². The van der Waals surface area contributed by atoms with E-state index in [0.29, 0.717) is 12.1 Å². The van der Waals surface area contributed by atoms with Gasteiger partial charge in [0.05, 0.1) is 6.42 Å². The first-order valence-electron chi connectivity index (χ1n) is 7.14. The number of rotatable bonds is 5. The highest BCUT2D eigenvalue weighted by Gasteiger charge is 2.24. The first-order chi connectivity index (χ1) is 9.97. The van der Waals surface area contributed by atoms with E-state index >= 15 is 0 Å². The highest BCUT2D eigenvalue weighted by Crippen LogP contribution is 2.26. The van der Waals surface area contributed by atoms with Gasteiger partial charge in [-0.2, -0.15) is 0 Å². The second-order valence-corrected chi connectivity index (χ2v) is 5.40. The maximum Gasteiger partial charge on any atom is 0.304 e. The number of phenolic OH excluding ortho intramolecular Hbond substituents is 1. The molecule has 1 unspecified atom stereocenters. The molecule has 5 nitrogen and oxygen atoms in total. The second-order valence-electron chi connectivity index (χ2n) is 5.40. The number of phenols is 1. The molecule has 0 radical (unpaired) electrons. The van der Waals surface area contributed by atoms with Gasteiger partial charge in [0, 0.05) is 50.4 Å². The van der Waals surface area contributed by atoms with E-state index in [-0.39, 0.29) is 18.2 Å². The van der Waals surface area contributed by atoms with E-state index in [2.05, 4.69) is 9.80 Å². The Labute approximate surface area is 123 Å². The Kier molecular flexibility index (Phi) is 5.14. The molecule has 21 heavy (non-hydrogen) atoms. The summed E-state index contributed by atoms with van der Waals surface area (Å²) < 4.78 is 13.9. The van der Waals surface area contributed by atoms with Crippen LogP contribution in [0.5, 0.6) is 5.75 Å². The van der Waals surface area contributed by atoms with Crippen molar-refractivity contribution in [3.63, 3.8) is 0 Å². The molecule has 2 rings (SSSR count). The van der Waals surface area contributed by atoms with Crippen LogP contribution in [0.2, 0.25) is 0 Å². The van der Waals surface area contributed by atoms with Crippen LogP contribution in [-0.4, -0.2) is 58.7 Å². The van der Waals surface area contributed by atoms with Gasteiger partial charge >= 0.3 is 5.97 Å². The van der Waals surface area contributed by atoms with Crippen LogP contribution in [0.3, 0.4) is 0 Å². The Bertz CT molecular complexity index is 502. The number of benzene rings is 1. The van der Waals surface area contributed by atoms with E-state index in [0.717, 1.165) is 32.2 Å². The predicted molar refractivity (Wildman–Crippen MR) is 76.7 cm³/mol. The molecule has 1 aliphatic heterocycles. The lowest BCUT2D eigenvalue weighted by Crippen LogP contribution is -2.47. The van der Waals surface area contributed by atoms with Crippen molar-refractivity contribution in [3.05, 3.63) is 29.6 Å². The van der Waals surface area contributed by atoms with Crippen molar-refractivity contribution in [2.24, 2.45) is 0 Å². The lowest BCUT2D eigenvalue weighted by molar-refractivity contribution is -0.137. The Hall–Kier alpha value is -1.66. The van der Waals surface area contributed by atoms with Gasteiger partial charge < -0.3 is 15.1 Å². The Morgan fingerprint density at radius 2 is 2.00 bits per heavy atom. The summed E-state index contributed by atoms with van der Waals surface area (Å²) in [5.41, 5.74) is 0.576. The molecular formula is C15H21FN2O3. The maximum absolute atomic E-state index is 13.9. The van der Waals surface area contributed by atoms with Crippen molar-refractivity contribution in [2.45, 2.75) is 19.4 Å². The lowest BCUT2D eigenvalue weighted by atomic mass is 10.0. The van der Waals surface area contributed by atoms with Crippen LogP contribution in [0.4, 0.5) is 4.39 Å². The largest absolute Gasteiger partial charge is 0.508 e. The molecule has 116 valence electrons. The molecule has 0 amide bonds. The summed E-state index contributed by atoms with van der Waals surface area (Å²) in [6.45, 7) is 5.64. The van der Waals surface area contributed by atoms with Crippen LogP contribution in [0.15, 0.2) is 18.2 Å². The highest BCUT2D eigenvalue weighted by molar-refractivity contribution is 5.66. The normalized spacial score (nSPS) is 18.6. The van der Waals surface area contributed by atoms with E-state index in [1.54, 1.807) is 6.07 Å². The van der Waals surface area contributed by atoms with Gasteiger partial charge in [-0.05, 0) is 13.0 Å². The van der Waals surface area contributed by atoms with Crippen molar-refractivity contribution in [2.75, 3.05) is 32.7 Å². The smallest absolute Gasteiger partial charge is 0.304 e. The number of halogens is 1. The van der Waals surface area contributed by atoms with E-state index in [1.807, 2.05) is 6.92 Å². The number of carboxylic acid groups (broad SMARTS) is 1. The average Bonchev–Trinajstić information content (AvgIpc) is 2.45. The van der Waals surface area contributed by atoms with Crippen LogP contribution >= 0.6 is 0 Å². The van der Waals surface area contributed by atoms with E-state index in [9.17, 15) is 14.3 Å². The van der Waals surface area contributed by atoms with E-state index in [1.165, 1.54) is 6.07 Å². The molecule has 1 fully saturated rings. The van der Waals surface area contributed by atoms with Gasteiger partial charge in [-0.15, -0.1) is 0 Å². The summed E-state index contributed by atoms with van der Waals surface area (Å²) in [6, 6.07) is 4.19. The molecule has 1 aromatic rings. The maximum atomic E-state index is 13.9. The Balaban J connectivity index is 1.90. The first-order valence-corrected chi connectivity index (χ1v) is 7.14. The van der Waals surface area contributed by atoms with Crippen LogP contribution in [-0.2, 0) is 4.79 Å². The molecule has 0 aromatic heterocycles. The number of hydrogen-bond acceptors (Lipinski definition) is 4. The number of aromatic hydroxyl groups is 1. The minimum absolute atomic E-state index is 0.0628. The summed E-state index contributed by atoms with van der Waals surface area (Å²) in [6.07, 6.45) is 0.155. The van der Waals surface area contributed by atoms with Crippen molar-refractivity contribution in [3.8, 4) is 5.75 Å². The zero-order chi connectivity index (χ0) is 15.4. The third-order valence-corrected chi connectivity index (χ3v) is 4.03. The summed E-state index contributed by atoms with van der Waals surface area (Å²) in [4.78, 5) is 14.9. The zero-order valence-corrected chi connectivity index (χ0v) is 12.1. The molecular weight excluding hydrogens is 275 g/mol. The topological polar surface area (TPSA) is 64.0 Å². The average molecular weight is 296 g/mol. The SMILES string of the molecule is CC(c1ccc(O)cc1F)N1CCN(CCC(=O)O)CC1. The van der Waals surface area contributed by atoms with Gasteiger partial charge in [-0.3, -0.25) is 9.69 Å². The summed E-state index contributed by atoms with van der Waals surface area (Å²) in [7, 11) is 0. The first kappa shape index (κ1) is 15.7. The van der Waals surface area contributed by atoms with Gasteiger partial charge in [0.2, 0.25) is 0 Å². The van der Waals surface area contributed by atoms with Crippen LogP contribution in [0.1, 0.15) is 24.9 Å². The number of carbonyl (C=O) groups is 1. The van der Waals surface area contributed by atoms with Gasteiger partial charge in [-0.25, -0.2) is 4.39 Å². The molecule has 0 bridgehead atoms. The minimum atomic E-state index is -0.781. The van der Waals surface area contributed by atoms with Crippen molar-refractivity contribution in [1.29, 1.82) is 0 Å². The predicted octanol–water partition coefficient (Wildman–Crippen LogP) is 1.68. The van der Waals surface area contributed by atoms with Crippen LogP contribution in [0, 0.1) is 5.82 Å². The fourth-order valence-electron chi connectivity index (χ4n) is 2.68. The van der Waals surface area contributed by atoms with E-state index in [4.69, 9.17) is 5.11 Å². The quantitative estimate of drug-likeness (QED) is 0.865. The Morgan fingerprint density at radius 1 is 1.33 bits per heavy atom. The van der Waals surface area contributed by atoms with Gasteiger partial charge in [0.25, 0.3) is 0 Å². The molecule has 6 heteroatoms. The molecule has 2 N–H and O–H groups in total. The molecule has 0 aliphatic carbocycles. The lowest BCUT2D eigenvalue weighted by Gasteiger charge is -2.38. The van der Waals surface area contributed by atoms with Gasteiger partial charge in [0.1, 0.15) is 11.6 Å². The highest BCUT2D eigenvalue weighted by atomic mass is 19.1. The second kappa shape index (κ2) is 6.87. The molecule has 0 saturated carbocycles. The van der Waals surface area contributed by atoms with Crippen molar-refractivity contribution < 1.29 is 19.4 Å². The monoisotopic (exact) mass is 296 g/mol. The Morgan fingerprint density at radius 3 is 2.57 bits per heavy atom. The summed E-state index contributed by atoms with van der Waals surface area (Å²) >= 11 is 0. The zero-order valence-electron chi connectivity index (χ0n) is 12.1. The molecule has 1 atom stereocenters. The van der Waals surface area contributed by atoms with Crippen molar-refractivity contribution >= 4 is 5.97 Å². The number of nitrogens with zero attached hydrogens (tertiary/aromatic N) is 2. The molecule has 1 saturated heterocycles. The summed E-state index contributed by atoms with van der Waals surface area (Å²) in [5, 5.41) is 17.9. The number of aliphatic carboxylic acids is 1. The van der Waals surface area contributed by atoms with Gasteiger partial charge in [0.15, 0.2) is 0 Å². The molecule has 0 spiro atoms. The third kappa shape index (κ3) is 4.15. The number of hydrogen-bond donors (Lipinski definition) is 2.